The summed E-state index contributed by atoms with van der Waals surface area (Å²) < 4.78 is 0. The molecule has 0 aromatic rings. The summed E-state index contributed by atoms with van der Waals surface area (Å²) in [6, 6.07) is 1.77. The second-order valence-electron chi connectivity index (χ2n) is 2.18. The van der Waals surface area contributed by atoms with Crippen LogP contribution in [-0.4, -0.2) is 23.9 Å². The van der Waals surface area contributed by atoms with E-state index < -0.39 is 0 Å². The Morgan fingerprint density at radius 2 is 2.30 bits per heavy atom. The van der Waals surface area contributed by atoms with Crippen molar-refractivity contribution in [1.29, 1.82) is 5.26 Å². The van der Waals surface area contributed by atoms with E-state index in [9.17, 15) is 4.79 Å². The minimum atomic E-state index is -0.266. The molecule has 3 heteroatoms. The number of hydrogen-bond acceptors (Lipinski definition) is 2. The maximum atomic E-state index is 10.7. The zero-order valence-corrected chi connectivity index (χ0v) is 6.59. The highest BCUT2D eigenvalue weighted by Gasteiger charge is 2.12. The van der Waals surface area contributed by atoms with E-state index in [1.165, 1.54) is 11.8 Å². The van der Waals surface area contributed by atoms with Gasteiger partial charge in [0.05, 0.1) is 6.07 Å². The Morgan fingerprint density at radius 3 is 2.40 bits per heavy atom. The SMILES string of the molecule is CCC(C#N)N(C)C(C)=O. The summed E-state index contributed by atoms with van der Waals surface area (Å²) in [5, 5.41) is 8.50. The minimum Gasteiger partial charge on any atom is -0.330 e. The van der Waals surface area contributed by atoms with Gasteiger partial charge in [-0.05, 0) is 6.42 Å². The molecule has 0 aliphatic rings. The molecule has 0 fully saturated rings. The van der Waals surface area contributed by atoms with Crippen LogP contribution in [0.25, 0.3) is 0 Å². The number of rotatable bonds is 2. The van der Waals surface area contributed by atoms with Crippen LogP contribution in [-0.2, 0) is 4.79 Å². The Bertz CT molecular complexity index is 159. The first-order valence-corrected chi connectivity index (χ1v) is 3.26. The molecule has 0 aliphatic heterocycles. The molecule has 0 heterocycles. The lowest BCUT2D eigenvalue weighted by Crippen LogP contribution is -2.33. The lowest BCUT2D eigenvalue weighted by Gasteiger charge is -2.18. The maximum absolute atomic E-state index is 10.7. The second kappa shape index (κ2) is 3.89. The Morgan fingerprint density at radius 1 is 1.80 bits per heavy atom. The third kappa shape index (κ3) is 2.06. The number of carbonyl (C=O) groups is 1. The number of amides is 1. The first-order valence-electron chi connectivity index (χ1n) is 3.26. The molecule has 0 bridgehead atoms. The van der Waals surface area contributed by atoms with Crippen molar-refractivity contribution in [3.05, 3.63) is 0 Å². The van der Waals surface area contributed by atoms with Crippen LogP contribution in [0.4, 0.5) is 0 Å². The largest absolute Gasteiger partial charge is 0.330 e. The molecule has 1 amide bonds. The molecular formula is C7H12N2O. The van der Waals surface area contributed by atoms with E-state index >= 15 is 0 Å². The fourth-order valence-electron chi connectivity index (χ4n) is 0.671. The van der Waals surface area contributed by atoms with Crippen molar-refractivity contribution in [3.63, 3.8) is 0 Å². The van der Waals surface area contributed by atoms with Crippen molar-refractivity contribution in [1.82, 2.24) is 4.90 Å². The monoisotopic (exact) mass is 140 g/mol. The van der Waals surface area contributed by atoms with Gasteiger partial charge in [-0.25, -0.2) is 0 Å². The highest BCUT2D eigenvalue weighted by molar-refractivity contribution is 5.73. The van der Waals surface area contributed by atoms with Crippen LogP contribution >= 0.6 is 0 Å². The summed E-state index contributed by atoms with van der Waals surface area (Å²) in [6.07, 6.45) is 0.687. The molecule has 3 nitrogen and oxygen atoms in total. The molecule has 0 saturated heterocycles. The number of hydrogen-bond donors (Lipinski definition) is 0. The molecular weight excluding hydrogens is 128 g/mol. The van der Waals surface area contributed by atoms with Crippen molar-refractivity contribution >= 4 is 5.91 Å². The fourth-order valence-corrected chi connectivity index (χ4v) is 0.671. The highest BCUT2D eigenvalue weighted by Crippen LogP contribution is 1.99. The van der Waals surface area contributed by atoms with Gasteiger partial charge in [-0.1, -0.05) is 6.92 Å². The van der Waals surface area contributed by atoms with E-state index in [1.807, 2.05) is 13.0 Å². The predicted molar refractivity (Wildman–Crippen MR) is 38.1 cm³/mol. The average Bonchev–Trinajstić information content (AvgIpc) is 1.90. The topological polar surface area (TPSA) is 44.1 Å². The van der Waals surface area contributed by atoms with Crippen LogP contribution < -0.4 is 0 Å². The van der Waals surface area contributed by atoms with Crippen molar-refractivity contribution in [3.8, 4) is 6.07 Å². The van der Waals surface area contributed by atoms with Gasteiger partial charge in [0.1, 0.15) is 6.04 Å². The Labute approximate surface area is 61.2 Å². The summed E-state index contributed by atoms with van der Waals surface area (Å²) in [6.45, 7) is 3.34. The fraction of sp³-hybridized carbons (Fsp3) is 0.714. The minimum absolute atomic E-state index is 0.0617. The molecule has 0 aromatic carbocycles. The van der Waals surface area contributed by atoms with E-state index in [0.29, 0.717) is 6.42 Å². The van der Waals surface area contributed by atoms with Crippen LogP contribution in [0.5, 0.6) is 0 Å². The van der Waals surface area contributed by atoms with Gasteiger partial charge in [-0.15, -0.1) is 0 Å². The van der Waals surface area contributed by atoms with E-state index in [0.717, 1.165) is 0 Å². The smallest absolute Gasteiger partial charge is 0.220 e. The number of nitriles is 1. The van der Waals surface area contributed by atoms with Gasteiger partial charge < -0.3 is 4.90 Å². The lowest BCUT2D eigenvalue weighted by atomic mass is 10.2. The molecule has 0 spiro atoms. The van der Waals surface area contributed by atoms with Gasteiger partial charge in [0.2, 0.25) is 5.91 Å². The highest BCUT2D eigenvalue weighted by atomic mass is 16.2. The van der Waals surface area contributed by atoms with Crippen molar-refractivity contribution in [2.24, 2.45) is 0 Å². The van der Waals surface area contributed by atoms with Crippen molar-refractivity contribution in [2.75, 3.05) is 7.05 Å². The predicted octanol–water partition coefficient (Wildman–Crippen LogP) is 0.767. The molecule has 1 atom stereocenters. The molecule has 0 radical (unpaired) electrons. The molecule has 0 rings (SSSR count). The Balaban J connectivity index is 4.05. The average molecular weight is 140 g/mol. The zero-order chi connectivity index (χ0) is 8.15. The summed E-state index contributed by atoms with van der Waals surface area (Å²) in [7, 11) is 1.64. The Kier molecular flexibility index (Phi) is 3.48. The molecule has 0 N–H and O–H groups in total. The summed E-state index contributed by atoms with van der Waals surface area (Å²) in [5.41, 5.74) is 0. The van der Waals surface area contributed by atoms with E-state index in [-0.39, 0.29) is 11.9 Å². The number of nitrogens with zero attached hydrogens (tertiary/aromatic N) is 2. The van der Waals surface area contributed by atoms with Crippen molar-refractivity contribution < 1.29 is 4.79 Å². The molecule has 0 aliphatic carbocycles. The summed E-state index contributed by atoms with van der Waals surface area (Å²) in [5.74, 6) is -0.0617. The Hall–Kier alpha value is -1.04. The molecule has 56 valence electrons. The molecule has 0 aromatic heterocycles. The van der Waals surface area contributed by atoms with E-state index in [4.69, 9.17) is 5.26 Å². The van der Waals surface area contributed by atoms with Gasteiger partial charge in [0.15, 0.2) is 0 Å². The summed E-state index contributed by atoms with van der Waals surface area (Å²) in [4.78, 5) is 12.1. The van der Waals surface area contributed by atoms with Gasteiger partial charge in [0.25, 0.3) is 0 Å². The summed E-state index contributed by atoms with van der Waals surface area (Å²) >= 11 is 0. The lowest BCUT2D eigenvalue weighted by molar-refractivity contribution is -0.128. The first kappa shape index (κ1) is 8.96. The normalized spacial score (nSPS) is 11.8. The number of carbonyl (C=O) groups excluding carboxylic acids is 1. The van der Waals surface area contributed by atoms with Crippen LogP contribution in [0, 0.1) is 11.3 Å². The van der Waals surface area contributed by atoms with Crippen LogP contribution in [0.1, 0.15) is 20.3 Å². The quantitative estimate of drug-likeness (QED) is 0.568. The van der Waals surface area contributed by atoms with E-state index in [2.05, 4.69) is 0 Å². The van der Waals surface area contributed by atoms with Crippen LogP contribution in [0.15, 0.2) is 0 Å². The van der Waals surface area contributed by atoms with Gasteiger partial charge in [-0.3, -0.25) is 4.79 Å². The third-order valence-corrected chi connectivity index (χ3v) is 1.50. The second-order valence-corrected chi connectivity index (χ2v) is 2.18. The van der Waals surface area contributed by atoms with Gasteiger partial charge in [-0.2, -0.15) is 5.26 Å². The third-order valence-electron chi connectivity index (χ3n) is 1.50. The van der Waals surface area contributed by atoms with Gasteiger partial charge >= 0.3 is 0 Å². The van der Waals surface area contributed by atoms with E-state index in [1.54, 1.807) is 7.05 Å². The zero-order valence-electron chi connectivity index (χ0n) is 6.59. The van der Waals surface area contributed by atoms with Crippen molar-refractivity contribution in [2.45, 2.75) is 26.3 Å². The van der Waals surface area contributed by atoms with Crippen LogP contribution in [0.2, 0.25) is 0 Å². The molecule has 1 unspecified atom stereocenters. The molecule has 0 saturated carbocycles. The van der Waals surface area contributed by atoms with Gasteiger partial charge in [0, 0.05) is 14.0 Å². The standard InChI is InChI=1S/C7H12N2O/c1-4-7(5-8)9(3)6(2)10/h7H,4H2,1-3H3. The first-order chi connectivity index (χ1) is 4.63. The van der Waals surface area contributed by atoms with Crippen LogP contribution in [0.3, 0.4) is 0 Å². The molecule has 10 heavy (non-hydrogen) atoms. The maximum Gasteiger partial charge on any atom is 0.220 e.